The molecule has 198 valence electrons. The van der Waals surface area contributed by atoms with Gasteiger partial charge in [-0.25, -0.2) is 0 Å². The average molecular weight is 512 g/mol. The molecule has 1 aromatic rings. The highest BCUT2D eigenvalue weighted by molar-refractivity contribution is 5.98. The molecular formula is C22H28N2O12. The van der Waals surface area contributed by atoms with Crippen LogP contribution in [0.3, 0.4) is 0 Å². The summed E-state index contributed by atoms with van der Waals surface area (Å²) in [6.45, 7) is 0.429. The number of amides is 2. The van der Waals surface area contributed by atoms with Crippen LogP contribution in [0.1, 0.15) is 28.8 Å². The van der Waals surface area contributed by atoms with Gasteiger partial charge >= 0.3 is 0 Å². The first-order valence-corrected chi connectivity index (χ1v) is 11.5. The van der Waals surface area contributed by atoms with Crippen molar-refractivity contribution in [1.82, 2.24) is 10.6 Å². The molecule has 2 fully saturated rings. The van der Waals surface area contributed by atoms with Crippen LogP contribution in [-0.2, 0) is 14.3 Å². The Morgan fingerprint density at radius 2 is 1.75 bits per heavy atom. The number of nitrogens with one attached hydrogen (secondary N) is 2. The van der Waals surface area contributed by atoms with E-state index in [1.165, 1.54) is 19.1 Å². The van der Waals surface area contributed by atoms with Gasteiger partial charge in [-0.2, -0.15) is 0 Å². The van der Waals surface area contributed by atoms with Crippen LogP contribution < -0.4 is 20.1 Å². The third-order valence-electron chi connectivity index (χ3n) is 7.13. The summed E-state index contributed by atoms with van der Waals surface area (Å²) in [6.07, 6.45) is -12.3. The Balaban J connectivity index is 1.54. The molecule has 0 radical (unpaired) electrons. The zero-order valence-corrected chi connectivity index (χ0v) is 19.1. The number of aliphatic hydroxyl groups excluding tert-OH is 6. The molecule has 0 spiro atoms. The van der Waals surface area contributed by atoms with Crippen molar-refractivity contribution in [2.75, 3.05) is 13.4 Å². The molecule has 8 N–H and O–H groups in total. The smallest absolute Gasteiger partial charge is 0.252 e. The summed E-state index contributed by atoms with van der Waals surface area (Å²) in [4.78, 5) is 24.6. The van der Waals surface area contributed by atoms with E-state index in [1.54, 1.807) is 0 Å². The molecule has 1 aliphatic carbocycles. The minimum atomic E-state index is -1.74. The Bertz CT molecular complexity index is 1040. The summed E-state index contributed by atoms with van der Waals surface area (Å²) < 4.78 is 22.4. The minimum Gasteiger partial charge on any atom is -0.454 e. The molecular weight excluding hydrogens is 484 g/mol. The largest absolute Gasteiger partial charge is 0.454 e. The SMILES string of the molecule is CC(=O)NC1C(OC2C(O)C(O)C(O)C3NC(=O)c4cc5c(cc4C32)OCO5)OC(CO)C(O)C1O. The molecule has 1 saturated heterocycles. The summed E-state index contributed by atoms with van der Waals surface area (Å²) in [5, 5.41) is 67.8. The number of aliphatic hydroxyl groups is 6. The number of rotatable bonds is 4. The van der Waals surface area contributed by atoms with E-state index in [-0.39, 0.29) is 12.4 Å². The van der Waals surface area contributed by atoms with Crippen molar-refractivity contribution in [3.63, 3.8) is 0 Å². The number of ether oxygens (including phenoxy) is 4. The van der Waals surface area contributed by atoms with Gasteiger partial charge < -0.3 is 60.2 Å². The second kappa shape index (κ2) is 9.39. The highest BCUT2D eigenvalue weighted by Crippen LogP contribution is 2.45. The van der Waals surface area contributed by atoms with E-state index >= 15 is 0 Å². The van der Waals surface area contributed by atoms with Crippen molar-refractivity contribution in [2.45, 2.75) is 73.9 Å². The van der Waals surface area contributed by atoms with Crippen molar-refractivity contribution >= 4 is 11.8 Å². The summed E-state index contributed by atoms with van der Waals surface area (Å²) in [6, 6.07) is 0.581. The van der Waals surface area contributed by atoms with Gasteiger partial charge in [0.25, 0.3) is 5.91 Å². The molecule has 3 aliphatic heterocycles. The lowest BCUT2D eigenvalue weighted by Crippen LogP contribution is -2.70. The van der Waals surface area contributed by atoms with Gasteiger partial charge in [0.2, 0.25) is 12.7 Å². The van der Waals surface area contributed by atoms with Crippen molar-refractivity contribution < 1.29 is 59.2 Å². The summed E-state index contributed by atoms with van der Waals surface area (Å²) in [7, 11) is 0. The molecule has 4 aliphatic rings. The Kier molecular flexibility index (Phi) is 6.55. The van der Waals surface area contributed by atoms with Crippen LogP contribution in [0.5, 0.6) is 11.5 Å². The molecule has 36 heavy (non-hydrogen) atoms. The van der Waals surface area contributed by atoms with Gasteiger partial charge in [-0.15, -0.1) is 0 Å². The lowest BCUT2D eigenvalue weighted by Gasteiger charge is -2.51. The van der Waals surface area contributed by atoms with Gasteiger partial charge in [0.15, 0.2) is 17.8 Å². The third-order valence-corrected chi connectivity index (χ3v) is 7.13. The summed E-state index contributed by atoms with van der Waals surface area (Å²) >= 11 is 0. The van der Waals surface area contributed by atoms with Crippen LogP contribution in [0.2, 0.25) is 0 Å². The third kappa shape index (κ3) is 3.99. The van der Waals surface area contributed by atoms with E-state index < -0.39 is 85.4 Å². The highest BCUT2D eigenvalue weighted by Gasteiger charge is 2.56. The van der Waals surface area contributed by atoms with Crippen LogP contribution in [0, 0.1) is 0 Å². The standard InChI is InChI=1S/C22H28N2O12/c1-6(26)23-14-17(29)15(27)11(4-25)35-22(14)36-20-12-7-2-9-10(34-5-33-9)3-8(7)21(32)24-13(12)16(28)18(30)19(20)31/h2-3,11-20,22,25,27-31H,4-5H2,1H3,(H,23,26)(H,24,32). The first-order chi connectivity index (χ1) is 17.1. The number of carbonyl (C=O) groups excluding carboxylic acids is 2. The number of carbonyl (C=O) groups is 2. The van der Waals surface area contributed by atoms with E-state index in [1.807, 2.05) is 0 Å². The van der Waals surface area contributed by atoms with Crippen LogP contribution in [0.25, 0.3) is 0 Å². The molecule has 3 heterocycles. The average Bonchev–Trinajstić information content (AvgIpc) is 3.31. The quantitative estimate of drug-likeness (QED) is 0.194. The van der Waals surface area contributed by atoms with Crippen LogP contribution in [-0.4, -0.2) is 117 Å². The molecule has 1 saturated carbocycles. The topological polar surface area (TPSA) is 216 Å². The van der Waals surface area contributed by atoms with Gasteiger partial charge in [0.05, 0.1) is 18.8 Å². The van der Waals surface area contributed by atoms with E-state index in [0.29, 0.717) is 17.1 Å². The number of hydrogen-bond donors (Lipinski definition) is 8. The first kappa shape index (κ1) is 25.1. The van der Waals surface area contributed by atoms with Crippen LogP contribution >= 0.6 is 0 Å². The van der Waals surface area contributed by atoms with Crippen molar-refractivity contribution in [1.29, 1.82) is 0 Å². The molecule has 0 aromatic heterocycles. The molecule has 11 unspecified atom stereocenters. The molecule has 11 atom stereocenters. The van der Waals surface area contributed by atoms with Crippen molar-refractivity contribution in [3.8, 4) is 11.5 Å². The lowest BCUT2D eigenvalue weighted by atomic mass is 9.70. The zero-order valence-electron chi connectivity index (χ0n) is 19.1. The fraction of sp³-hybridized carbons (Fsp3) is 0.636. The van der Waals surface area contributed by atoms with Gasteiger partial charge in [-0.05, 0) is 17.7 Å². The second-order valence-corrected chi connectivity index (χ2v) is 9.32. The van der Waals surface area contributed by atoms with E-state index in [9.17, 15) is 40.2 Å². The Morgan fingerprint density at radius 3 is 2.42 bits per heavy atom. The number of hydrogen-bond acceptors (Lipinski definition) is 12. The second-order valence-electron chi connectivity index (χ2n) is 9.32. The normalized spacial score (nSPS) is 41.2. The molecule has 14 nitrogen and oxygen atoms in total. The first-order valence-electron chi connectivity index (χ1n) is 11.5. The Labute approximate surface area is 204 Å². The maximum absolute atomic E-state index is 12.8. The van der Waals surface area contributed by atoms with Gasteiger partial charge in [0, 0.05) is 18.4 Å². The number of fused-ring (bicyclic) bond motifs is 4. The Hall–Kier alpha value is -2.56. The fourth-order valence-corrected chi connectivity index (χ4v) is 5.35. The van der Waals surface area contributed by atoms with E-state index in [4.69, 9.17) is 18.9 Å². The van der Waals surface area contributed by atoms with E-state index in [0.717, 1.165) is 0 Å². The van der Waals surface area contributed by atoms with Crippen molar-refractivity contribution in [3.05, 3.63) is 23.3 Å². The van der Waals surface area contributed by atoms with Crippen molar-refractivity contribution in [2.24, 2.45) is 0 Å². The van der Waals surface area contributed by atoms with Gasteiger partial charge in [-0.1, -0.05) is 0 Å². The molecule has 2 amide bonds. The number of benzene rings is 1. The van der Waals surface area contributed by atoms with Gasteiger partial charge in [-0.3, -0.25) is 9.59 Å². The highest BCUT2D eigenvalue weighted by atomic mass is 16.7. The Morgan fingerprint density at radius 1 is 1.06 bits per heavy atom. The van der Waals surface area contributed by atoms with E-state index in [2.05, 4.69) is 10.6 Å². The maximum atomic E-state index is 12.8. The fourth-order valence-electron chi connectivity index (χ4n) is 5.35. The zero-order chi connectivity index (χ0) is 25.9. The molecule has 1 aromatic carbocycles. The molecule has 5 rings (SSSR count). The minimum absolute atomic E-state index is 0.0606. The predicted octanol–water partition coefficient (Wildman–Crippen LogP) is -3.96. The predicted molar refractivity (Wildman–Crippen MR) is 115 cm³/mol. The lowest BCUT2D eigenvalue weighted by molar-refractivity contribution is -0.302. The van der Waals surface area contributed by atoms with Gasteiger partial charge in [0.1, 0.15) is 42.7 Å². The van der Waals surface area contributed by atoms with Crippen LogP contribution in [0.4, 0.5) is 0 Å². The molecule has 14 heteroatoms. The maximum Gasteiger partial charge on any atom is 0.252 e. The summed E-state index contributed by atoms with van der Waals surface area (Å²) in [5.74, 6) is -1.40. The summed E-state index contributed by atoms with van der Waals surface area (Å²) in [5.41, 5.74) is 0.519. The molecule has 0 bridgehead atoms. The van der Waals surface area contributed by atoms with Crippen LogP contribution in [0.15, 0.2) is 12.1 Å². The monoisotopic (exact) mass is 512 g/mol.